The summed E-state index contributed by atoms with van der Waals surface area (Å²) in [5, 5.41) is 3.44. The molecule has 1 amide bonds. The summed E-state index contributed by atoms with van der Waals surface area (Å²) >= 11 is 0. The zero-order chi connectivity index (χ0) is 13.1. The molecule has 3 heterocycles. The molecule has 0 aromatic heterocycles. The Bertz CT molecular complexity index is 316. The van der Waals surface area contributed by atoms with Crippen molar-refractivity contribution >= 4 is 18.3 Å². The first-order chi connectivity index (χ1) is 9.27. The Morgan fingerprint density at radius 3 is 2.50 bits per heavy atom. The first-order valence-electron chi connectivity index (χ1n) is 7.88. The van der Waals surface area contributed by atoms with Crippen LogP contribution in [0.1, 0.15) is 44.9 Å². The summed E-state index contributed by atoms with van der Waals surface area (Å²) in [5.74, 6) is 0.315. The lowest BCUT2D eigenvalue weighted by Gasteiger charge is -2.44. The second kappa shape index (κ2) is 7.10. The highest BCUT2D eigenvalue weighted by Crippen LogP contribution is 2.39. The standard InChI is InChI=1S/C15H26N2O2.ClH/c18-14(12-13-2-1-11-19-13)17-9-5-15(6-10-17)3-7-16-8-4-15;/h13,16H,1-12H2;1H. The highest BCUT2D eigenvalue weighted by Gasteiger charge is 2.37. The smallest absolute Gasteiger partial charge is 0.225 e. The Morgan fingerprint density at radius 2 is 1.90 bits per heavy atom. The maximum Gasteiger partial charge on any atom is 0.225 e. The number of hydrogen-bond acceptors (Lipinski definition) is 3. The largest absolute Gasteiger partial charge is 0.378 e. The van der Waals surface area contributed by atoms with Crippen LogP contribution in [0.25, 0.3) is 0 Å². The number of ether oxygens (including phenoxy) is 1. The van der Waals surface area contributed by atoms with E-state index in [4.69, 9.17) is 4.74 Å². The van der Waals surface area contributed by atoms with Gasteiger partial charge in [0.2, 0.25) is 5.91 Å². The summed E-state index contributed by atoms with van der Waals surface area (Å²) in [5.41, 5.74) is 0.534. The highest BCUT2D eigenvalue weighted by atomic mass is 35.5. The third-order valence-corrected chi connectivity index (χ3v) is 5.27. The van der Waals surface area contributed by atoms with E-state index in [1.807, 2.05) is 0 Å². The van der Waals surface area contributed by atoms with Gasteiger partial charge in [-0.05, 0) is 57.0 Å². The van der Waals surface area contributed by atoms with Gasteiger partial charge >= 0.3 is 0 Å². The van der Waals surface area contributed by atoms with Crippen molar-refractivity contribution in [3.05, 3.63) is 0 Å². The van der Waals surface area contributed by atoms with E-state index in [2.05, 4.69) is 10.2 Å². The van der Waals surface area contributed by atoms with Gasteiger partial charge in [0.15, 0.2) is 0 Å². The molecule has 1 unspecified atom stereocenters. The number of carbonyl (C=O) groups is 1. The Balaban J connectivity index is 0.00000147. The van der Waals surface area contributed by atoms with E-state index in [0.29, 0.717) is 17.7 Å². The molecular weight excluding hydrogens is 276 g/mol. The normalized spacial score (nSPS) is 29.2. The van der Waals surface area contributed by atoms with Gasteiger partial charge < -0.3 is 15.0 Å². The molecule has 0 saturated carbocycles. The van der Waals surface area contributed by atoms with Gasteiger partial charge in [-0.3, -0.25) is 4.79 Å². The van der Waals surface area contributed by atoms with Crippen LogP contribution in [-0.2, 0) is 9.53 Å². The minimum absolute atomic E-state index is 0. The summed E-state index contributed by atoms with van der Waals surface area (Å²) in [7, 11) is 0. The van der Waals surface area contributed by atoms with Gasteiger partial charge in [-0.1, -0.05) is 0 Å². The number of piperidine rings is 2. The number of hydrogen-bond donors (Lipinski definition) is 1. The first kappa shape index (κ1) is 16.1. The Kier molecular flexibility index (Phi) is 5.70. The van der Waals surface area contributed by atoms with Crippen LogP contribution >= 0.6 is 12.4 Å². The van der Waals surface area contributed by atoms with E-state index in [-0.39, 0.29) is 18.5 Å². The maximum absolute atomic E-state index is 12.3. The lowest BCUT2D eigenvalue weighted by atomic mass is 9.71. The average Bonchev–Trinajstić information content (AvgIpc) is 2.93. The van der Waals surface area contributed by atoms with Gasteiger partial charge in [-0.15, -0.1) is 12.4 Å². The van der Waals surface area contributed by atoms with Crippen LogP contribution in [0.15, 0.2) is 0 Å². The minimum atomic E-state index is 0. The topological polar surface area (TPSA) is 41.6 Å². The van der Waals surface area contributed by atoms with Crippen molar-refractivity contribution in [3.63, 3.8) is 0 Å². The van der Waals surface area contributed by atoms with Crippen molar-refractivity contribution in [2.75, 3.05) is 32.8 Å². The molecule has 1 atom stereocenters. The quantitative estimate of drug-likeness (QED) is 0.848. The van der Waals surface area contributed by atoms with Gasteiger partial charge in [0.05, 0.1) is 12.5 Å². The highest BCUT2D eigenvalue weighted by molar-refractivity contribution is 5.85. The molecule has 1 spiro atoms. The number of rotatable bonds is 2. The third-order valence-electron chi connectivity index (χ3n) is 5.27. The molecule has 0 aromatic rings. The summed E-state index contributed by atoms with van der Waals surface area (Å²) in [4.78, 5) is 14.3. The van der Waals surface area contributed by atoms with Crippen LogP contribution in [0, 0.1) is 5.41 Å². The fraction of sp³-hybridized carbons (Fsp3) is 0.933. The number of carbonyl (C=O) groups excluding carboxylic acids is 1. The van der Waals surface area contributed by atoms with Crippen LogP contribution < -0.4 is 5.32 Å². The molecule has 1 N–H and O–H groups in total. The van der Waals surface area contributed by atoms with Crippen LogP contribution in [0.4, 0.5) is 0 Å². The monoisotopic (exact) mass is 302 g/mol. The van der Waals surface area contributed by atoms with Crippen LogP contribution in [0.5, 0.6) is 0 Å². The summed E-state index contributed by atoms with van der Waals surface area (Å²) in [6.07, 6.45) is 7.97. The maximum atomic E-state index is 12.3. The molecule has 5 heteroatoms. The SMILES string of the molecule is Cl.O=C(CC1CCCO1)N1CCC2(CCNCC2)CC1. The Morgan fingerprint density at radius 1 is 1.20 bits per heavy atom. The van der Waals surface area contributed by atoms with Gasteiger partial charge in [-0.25, -0.2) is 0 Å². The van der Waals surface area contributed by atoms with E-state index in [1.54, 1.807) is 0 Å². The van der Waals surface area contributed by atoms with E-state index < -0.39 is 0 Å². The van der Waals surface area contributed by atoms with Crippen molar-refractivity contribution in [2.45, 2.75) is 51.0 Å². The third kappa shape index (κ3) is 3.66. The number of nitrogens with zero attached hydrogens (tertiary/aromatic N) is 1. The number of nitrogens with one attached hydrogen (secondary N) is 1. The number of amides is 1. The average molecular weight is 303 g/mol. The molecule has 3 saturated heterocycles. The summed E-state index contributed by atoms with van der Waals surface area (Å²) < 4.78 is 5.57. The Labute approximate surface area is 128 Å². The molecule has 0 aromatic carbocycles. The van der Waals surface area contributed by atoms with Crippen LogP contribution in [-0.4, -0.2) is 49.7 Å². The predicted molar refractivity (Wildman–Crippen MR) is 81.2 cm³/mol. The molecule has 3 rings (SSSR count). The lowest BCUT2D eigenvalue weighted by molar-refractivity contribution is -0.136. The summed E-state index contributed by atoms with van der Waals surface area (Å²) in [6.45, 7) is 5.08. The number of halogens is 1. The van der Waals surface area contributed by atoms with Gasteiger partial charge in [0, 0.05) is 19.7 Å². The molecule has 20 heavy (non-hydrogen) atoms. The molecule has 0 radical (unpaired) electrons. The molecule has 116 valence electrons. The predicted octanol–water partition coefficient (Wildman–Crippen LogP) is 1.97. The second-order valence-corrected chi connectivity index (χ2v) is 6.47. The molecule has 3 aliphatic heterocycles. The van der Waals surface area contributed by atoms with Gasteiger partial charge in [-0.2, -0.15) is 0 Å². The van der Waals surface area contributed by atoms with Crippen molar-refractivity contribution in [1.29, 1.82) is 0 Å². The zero-order valence-corrected chi connectivity index (χ0v) is 13.1. The van der Waals surface area contributed by atoms with E-state index in [1.165, 1.54) is 25.7 Å². The van der Waals surface area contributed by atoms with Gasteiger partial charge in [0.1, 0.15) is 0 Å². The fourth-order valence-corrected chi connectivity index (χ4v) is 3.82. The van der Waals surface area contributed by atoms with Crippen molar-refractivity contribution in [2.24, 2.45) is 5.41 Å². The molecule has 4 nitrogen and oxygen atoms in total. The first-order valence-corrected chi connectivity index (χ1v) is 7.88. The zero-order valence-electron chi connectivity index (χ0n) is 12.2. The van der Waals surface area contributed by atoms with Crippen molar-refractivity contribution in [3.8, 4) is 0 Å². The van der Waals surface area contributed by atoms with Crippen LogP contribution in [0.2, 0.25) is 0 Å². The van der Waals surface area contributed by atoms with E-state index in [0.717, 1.165) is 45.6 Å². The molecule has 0 aliphatic carbocycles. The second-order valence-electron chi connectivity index (χ2n) is 6.47. The molecule has 3 fully saturated rings. The van der Waals surface area contributed by atoms with E-state index in [9.17, 15) is 4.79 Å². The Hall–Kier alpha value is -0.320. The van der Waals surface area contributed by atoms with E-state index >= 15 is 0 Å². The molecular formula is C15H27ClN2O2. The van der Waals surface area contributed by atoms with Crippen LogP contribution in [0.3, 0.4) is 0 Å². The van der Waals surface area contributed by atoms with Crippen molar-refractivity contribution < 1.29 is 9.53 Å². The summed E-state index contributed by atoms with van der Waals surface area (Å²) in [6, 6.07) is 0. The number of likely N-dealkylation sites (tertiary alicyclic amines) is 1. The molecule has 3 aliphatic rings. The minimum Gasteiger partial charge on any atom is -0.378 e. The lowest BCUT2D eigenvalue weighted by Crippen LogP contribution is -2.47. The fourth-order valence-electron chi connectivity index (χ4n) is 3.82. The van der Waals surface area contributed by atoms with Gasteiger partial charge in [0.25, 0.3) is 0 Å². The molecule has 0 bridgehead atoms. The van der Waals surface area contributed by atoms with Crippen molar-refractivity contribution in [1.82, 2.24) is 10.2 Å².